The summed E-state index contributed by atoms with van der Waals surface area (Å²) in [6.45, 7) is 4.79. The first kappa shape index (κ1) is 21.6. The van der Waals surface area contributed by atoms with Crippen LogP contribution in [-0.2, 0) is 4.79 Å². The molecule has 0 amide bonds. The Kier molecular flexibility index (Phi) is 4.95. The fourth-order valence-electron chi connectivity index (χ4n) is 9.97. The number of nitriles is 1. The van der Waals surface area contributed by atoms with Crippen LogP contribution in [0.1, 0.15) is 77.2 Å². The molecule has 1 spiro atoms. The zero-order chi connectivity index (χ0) is 23.0. The van der Waals surface area contributed by atoms with Gasteiger partial charge in [0.05, 0.1) is 11.6 Å². The summed E-state index contributed by atoms with van der Waals surface area (Å²) < 4.78 is 19.9. The number of Topliss-reactive ketones (excluding diaryl/α,β-unsaturated/α-hetero) is 1. The van der Waals surface area contributed by atoms with Crippen LogP contribution in [-0.4, -0.2) is 12.4 Å². The predicted octanol–water partition coefficient (Wildman–Crippen LogP) is 6.55. The fraction of sp³-hybridized carbons (Fsp3) is 0.724. The van der Waals surface area contributed by atoms with Crippen LogP contribution < -0.4 is 4.74 Å². The minimum absolute atomic E-state index is 0.0593. The highest BCUT2D eigenvalue weighted by atomic mass is 19.1. The Morgan fingerprint density at radius 1 is 1.15 bits per heavy atom. The molecule has 7 atom stereocenters. The Morgan fingerprint density at radius 2 is 1.97 bits per heavy atom. The highest BCUT2D eigenvalue weighted by Crippen LogP contribution is 2.80. The van der Waals surface area contributed by atoms with Crippen molar-refractivity contribution in [3.8, 4) is 11.8 Å². The van der Waals surface area contributed by atoms with Crippen molar-refractivity contribution in [2.75, 3.05) is 6.61 Å². The predicted molar refractivity (Wildman–Crippen MR) is 124 cm³/mol. The van der Waals surface area contributed by atoms with Crippen LogP contribution >= 0.6 is 0 Å². The monoisotopic (exact) mass is 449 g/mol. The second kappa shape index (κ2) is 7.56. The van der Waals surface area contributed by atoms with Crippen LogP contribution in [0.4, 0.5) is 4.39 Å². The molecule has 176 valence electrons. The van der Waals surface area contributed by atoms with Crippen LogP contribution in [0.25, 0.3) is 0 Å². The number of benzene rings is 1. The molecule has 0 heterocycles. The number of ketones is 1. The van der Waals surface area contributed by atoms with Crippen LogP contribution in [0, 0.1) is 69.4 Å². The highest BCUT2D eigenvalue weighted by Gasteiger charge is 2.75. The first-order valence-electron chi connectivity index (χ1n) is 13.2. The Balaban J connectivity index is 1.18. The smallest absolute Gasteiger partial charge is 0.174 e. The van der Waals surface area contributed by atoms with Crippen molar-refractivity contribution in [1.82, 2.24) is 0 Å². The number of ether oxygens (including phenoxy) is 1. The molecule has 0 radical (unpaired) electrons. The van der Waals surface area contributed by atoms with Gasteiger partial charge in [0.1, 0.15) is 6.61 Å². The van der Waals surface area contributed by atoms with Gasteiger partial charge in [0.25, 0.3) is 0 Å². The van der Waals surface area contributed by atoms with E-state index < -0.39 is 5.82 Å². The third-order valence-electron chi connectivity index (χ3n) is 11.3. The molecule has 6 aliphatic carbocycles. The molecule has 33 heavy (non-hydrogen) atoms. The van der Waals surface area contributed by atoms with E-state index in [9.17, 15) is 9.18 Å². The van der Waals surface area contributed by atoms with E-state index in [2.05, 4.69) is 13.8 Å². The maximum Gasteiger partial charge on any atom is 0.174 e. The molecule has 0 N–H and O–H groups in total. The minimum atomic E-state index is -0.570. The molecule has 0 unspecified atom stereocenters. The van der Waals surface area contributed by atoms with Gasteiger partial charge in [0, 0.05) is 5.92 Å². The number of nitrogens with zero attached hydrogens (tertiary/aromatic N) is 1. The number of halogens is 1. The van der Waals surface area contributed by atoms with E-state index in [1.54, 1.807) is 0 Å². The van der Waals surface area contributed by atoms with Gasteiger partial charge in [-0.05, 0) is 116 Å². The standard InChI is InChI=1S/C29H36FNO2/c1-17-3-6-21-19(11-17)5-7-23-22(21)9-10-28(2)27(20-13-29(23,28)14-20)25(32)16-33-26-8-4-18(15-31)12-24(26)30/h4,8,12,17,19-23,27H,3,5-7,9-11,13-14,16H2,1-2H3/t17-,19+,20?,21-,22+,23+,27+,28+,29?/m0/s1. The van der Waals surface area contributed by atoms with Gasteiger partial charge < -0.3 is 4.74 Å². The maximum atomic E-state index is 14.3. The summed E-state index contributed by atoms with van der Waals surface area (Å²) in [5.41, 5.74) is 0.697. The van der Waals surface area contributed by atoms with Crippen molar-refractivity contribution in [2.45, 2.75) is 71.6 Å². The van der Waals surface area contributed by atoms with Crippen LogP contribution in [0.15, 0.2) is 18.2 Å². The maximum absolute atomic E-state index is 14.3. The van der Waals surface area contributed by atoms with Gasteiger partial charge in [-0.25, -0.2) is 4.39 Å². The number of fused-ring (bicyclic) bond motifs is 3. The average Bonchev–Trinajstić information content (AvgIpc) is 3.20. The first-order chi connectivity index (χ1) is 15.9. The zero-order valence-electron chi connectivity index (χ0n) is 20.0. The molecule has 3 nitrogen and oxygen atoms in total. The van der Waals surface area contributed by atoms with E-state index in [1.807, 2.05) is 6.07 Å². The average molecular weight is 450 g/mol. The summed E-state index contributed by atoms with van der Waals surface area (Å²) in [4.78, 5) is 13.5. The van der Waals surface area contributed by atoms with Gasteiger partial charge >= 0.3 is 0 Å². The Labute approximate surface area is 197 Å². The van der Waals surface area contributed by atoms with Crippen LogP contribution in [0.2, 0.25) is 0 Å². The lowest BCUT2D eigenvalue weighted by Crippen LogP contribution is -2.55. The van der Waals surface area contributed by atoms with Crippen molar-refractivity contribution < 1.29 is 13.9 Å². The van der Waals surface area contributed by atoms with E-state index in [0.29, 0.717) is 11.3 Å². The molecule has 0 aliphatic heterocycles. The Bertz CT molecular complexity index is 1010. The summed E-state index contributed by atoms with van der Waals surface area (Å²) in [5.74, 6) is 4.65. The van der Waals surface area contributed by atoms with Crippen LogP contribution in [0.5, 0.6) is 5.75 Å². The molecule has 0 saturated heterocycles. The normalized spacial score (nSPS) is 45.1. The third-order valence-corrected chi connectivity index (χ3v) is 11.3. The molecule has 0 aromatic heterocycles. The second-order valence-electron chi connectivity index (χ2n) is 12.5. The van der Waals surface area contributed by atoms with E-state index in [1.165, 1.54) is 76.0 Å². The van der Waals surface area contributed by atoms with E-state index >= 15 is 0 Å². The van der Waals surface area contributed by atoms with Gasteiger partial charge in [0.2, 0.25) is 0 Å². The lowest BCUT2D eigenvalue weighted by Gasteiger charge is -2.63. The van der Waals surface area contributed by atoms with E-state index in [-0.39, 0.29) is 35.0 Å². The molecule has 1 aromatic rings. The minimum Gasteiger partial charge on any atom is -0.483 e. The topological polar surface area (TPSA) is 50.1 Å². The molecule has 7 rings (SSSR count). The molecule has 6 aliphatic rings. The summed E-state index contributed by atoms with van der Waals surface area (Å²) in [6.07, 6.45) is 11.9. The number of hydrogen-bond acceptors (Lipinski definition) is 3. The zero-order valence-corrected chi connectivity index (χ0v) is 20.0. The molecule has 4 heteroatoms. The largest absolute Gasteiger partial charge is 0.483 e. The van der Waals surface area contributed by atoms with E-state index in [0.717, 1.165) is 29.6 Å². The summed E-state index contributed by atoms with van der Waals surface area (Å²) in [7, 11) is 0. The van der Waals surface area contributed by atoms with Crippen molar-refractivity contribution >= 4 is 5.78 Å². The Hall–Kier alpha value is -1.89. The van der Waals surface area contributed by atoms with Gasteiger partial charge in [-0.1, -0.05) is 20.3 Å². The van der Waals surface area contributed by atoms with Gasteiger partial charge in [0.15, 0.2) is 17.3 Å². The molecule has 2 bridgehead atoms. The van der Waals surface area contributed by atoms with Crippen molar-refractivity contribution in [3.63, 3.8) is 0 Å². The molecular weight excluding hydrogens is 413 g/mol. The number of hydrogen-bond donors (Lipinski definition) is 0. The van der Waals surface area contributed by atoms with Crippen molar-refractivity contribution in [2.24, 2.45) is 52.3 Å². The summed E-state index contributed by atoms with van der Waals surface area (Å²) >= 11 is 0. The lowest BCUT2D eigenvalue weighted by molar-refractivity contribution is -0.146. The van der Waals surface area contributed by atoms with Crippen molar-refractivity contribution in [3.05, 3.63) is 29.6 Å². The molecule has 6 saturated carbocycles. The summed E-state index contributed by atoms with van der Waals surface area (Å²) in [6, 6.07) is 6.11. The molecular formula is C29H36FNO2. The number of carbonyl (C=O) groups excluding carboxylic acids is 1. The quantitative estimate of drug-likeness (QED) is 0.524. The van der Waals surface area contributed by atoms with Gasteiger partial charge in [-0.2, -0.15) is 5.26 Å². The lowest BCUT2D eigenvalue weighted by atomic mass is 9.42. The van der Waals surface area contributed by atoms with Crippen LogP contribution in [0.3, 0.4) is 0 Å². The number of carbonyl (C=O) groups is 1. The third kappa shape index (κ3) is 3.00. The highest BCUT2D eigenvalue weighted by molar-refractivity contribution is 5.85. The number of rotatable bonds is 4. The molecule has 6 fully saturated rings. The first-order valence-corrected chi connectivity index (χ1v) is 13.2. The second-order valence-corrected chi connectivity index (χ2v) is 12.5. The SMILES string of the molecule is C[C@H]1CC[C@H]2[C@H](CC[C@@H]3[C@@H]2CC[C@]2(C)[C@@H](C(=O)COc4ccc(C#N)cc4F)C4CC32C4)C1. The van der Waals surface area contributed by atoms with E-state index in [4.69, 9.17) is 10.00 Å². The Morgan fingerprint density at radius 3 is 2.73 bits per heavy atom. The van der Waals surface area contributed by atoms with Gasteiger partial charge in [-0.15, -0.1) is 0 Å². The summed E-state index contributed by atoms with van der Waals surface area (Å²) in [5, 5.41) is 8.93. The van der Waals surface area contributed by atoms with Gasteiger partial charge in [-0.3, -0.25) is 4.79 Å². The molecule has 1 aromatic carbocycles. The fourth-order valence-corrected chi connectivity index (χ4v) is 9.97. The van der Waals surface area contributed by atoms with Crippen molar-refractivity contribution in [1.29, 1.82) is 5.26 Å².